The van der Waals surface area contributed by atoms with E-state index in [1.165, 1.54) is 5.56 Å². The normalized spacial score (nSPS) is 18.2. The summed E-state index contributed by atoms with van der Waals surface area (Å²) < 4.78 is 10.8. The van der Waals surface area contributed by atoms with Gasteiger partial charge in [-0.05, 0) is 31.0 Å². The van der Waals surface area contributed by atoms with E-state index in [-0.39, 0.29) is 6.04 Å². The van der Waals surface area contributed by atoms with Crippen LogP contribution in [-0.4, -0.2) is 44.4 Å². The minimum Gasteiger partial charge on any atom is -0.494 e. The van der Waals surface area contributed by atoms with Crippen molar-refractivity contribution in [2.45, 2.75) is 19.4 Å². The monoisotopic (exact) mass is 264 g/mol. The molecule has 0 amide bonds. The minimum atomic E-state index is 0.0959. The molecule has 4 heteroatoms. The van der Waals surface area contributed by atoms with Gasteiger partial charge in [-0.25, -0.2) is 0 Å². The zero-order valence-electron chi connectivity index (χ0n) is 11.7. The molecular formula is C15H24N2O2. The van der Waals surface area contributed by atoms with Crippen LogP contribution >= 0.6 is 0 Å². The van der Waals surface area contributed by atoms with E-state index in [0.29, 0.717) is 6.61 Å². The topological polar surface area (TPSA) is 47.7 Å². The van der Waals surface area contributed by atoms with E-state index < -0.39 is 0 Å². The van der Waals surface area contributed by atoms with Crippen LogP contribution in [0.25, 0.3) is 0 Å². The summed E-state index contributed by atoms with van der Waals surface area (Å²) in [5, 5.41) is 0. The molecule has 1 unspecified atom stereocenters. The van der Waals surface area contributed by atoms with E-state index in [1.807, 2.05) is 19.1 Å². The fourth-order valence-electron chi connectivity index (χ4n) is 2.29. The lowest BCUT2D eigenvalue weighted by Crippen LogP contribution is -2.37. The third-order valence-electron chi connectivity index (χ3n) is 3.48. The summed E-state index contributed by atoms with van der Waals surface area (Å²) in [5.74, 6) is 0.909. The maximum Gasteiger partial charge on any atom is 0.119 e. The van der Waals surface area contributed by atoms with Crippen molar-refractivity contribution in [3.05, 3.63) is 29.8 Å². The van der Waals surface area contributed by atoms with E-state index in [1.54, 1.807) is 0 Å². The lowest BCUT2D eigenvalue weighted by atomic mass is 10.0. The molecule has 1 fully saturated rings. The van der Waals surface area contributed by atoms with Crippen LogP contribution in [0.2, 0.25) is 0 Å². The van der Waals surface area contributed by atoms with Crippen molar-refractivity contribution in [1.82, 2.24) is 4.90 Å². The Morgan fingerprint density at radius 1 is 1.26 bits per heavy atom. The number of ether oxygens (including phenoxy) is 2. The number of nitrogens with two attached hydrogens (primary N) is 1. The van der Waals surface area contributed by atoms with Gasteiger partial charge < -0.3 is 15.2 Å². The van der Waals surface area contributed by atoms with Gasteiger partial charge in [0, 0.05) is 25.7 Å². The van der Waals surface area contributed by atoms with Gasteiger partial charge in [0.25, 0.3) is 0 Å². The van der Waals surface area contributed by atoms with Gasteiger partial charge in [0.2, 0.25) is 0 Å². The van der Waals surface area contributed by atoms with Crippen molar-refractivity contribution < 1.29 is 9.47 Å². The van der Waals surface area contributed by atoms with Crippen molar-refractivity contribution in [3.8, 4) is 5.75 Å². The SMILES string of the molecule is CCOc1ccc(C(N)CCN2CCOCC2)cc1. The molecule has 2 rings (SSSR count). The Hall–Kier alpha value is -1.10. The van der Waals surface area contributed by atoms with Gasteiger partial charge in [-0.3, -0.25) is 4.90 Å². The molecule has 1 heterocycles. The summed E-state index contributed by atoms with van der Waals surface area (Å²) in [4.78, 5) is 2.41. The highest BCUT2D eigenvalue weighted by atomic mass is 16.5. The second-order valence-corrected chi connectivity index (χ2v) is 4.85. The molecule has 19 heavy (non-hydrogen) atoms. The Morgan fingerprint density at radius 2 is 1.95 bits per heavy atom. The molecule has 0 saturated carbocycles. The highest BCUT2D eigenvalue weighted by Crippen LogP contribution is 2.19. The zero-order valence-corrected chi connectivity index (χ0v) is 11.7. The van der Waals surface area contributed by atoms with E-state index in [4.69, 9.17) is 15.2 Å². The standard InChI is InChI=1S/C15H24N2O2/c1-2-19-14-5-3-13(4-6-14)15(16)7-8-17-9-11-18-12-10-17/h3-6,15H,2,7-12,16H2,1H3. The molecular weight excluding hydrogens is 240 g/mol. The van der Waals surface area contributed by atoms with Crippen LogP contribution in [-0.2, 0) is 4.74 Å². The molecule has 4 nitrogen and oxygen atoms in total. The predicted molar refractivity (Wildman–Crippen MR) is 76.4 cm³/mol. The Balaban J connectivity index is 1.79. The second-order valence-electron chi connectivity index (χ2n) is 4.85. The Labute approximate surface area is 115 Å². The Morgan fingerprint density at radius 3 is 2.58 bits per heavy atom. The molecule has 1 atom stereocenters. The highest BCUT2D eigenvalue weighted by molar-refractivity contribution is 5.29. The van der Waals surface area contributed by atoms with Crippen LogP contribution in [0.3, 0.4) is 0 Å². The van der Waals surface area contributed by atoms with E-state index in [0.717, 1.165) is 45.0 Å². The lowest BCUT2D eigenvalue weighted by molar-refractivity contribution is 0.0366. The van der Waals surface area contributed by atoms with Gasteiger partial charge >= 0.3 is 0 Å². The maximum absolute atomic E-state index is 6.24. The number of rotatable bonds is 6. The largest absolute Gasteiger partial charge is 0.494 e. The molecule has 1 aliphatic heterocycles. The van der Waals surface area contributed by atoms with E-state index in [9.17, 15) is 0 Å². The Bertz CT molecular complexity index is 361. The summed E-state index contributed by atoms with van der Waals surface area (Å²) in [7, 11) is 0. The van der Waals surface area contributed by atoms with Crippen molar-refractivity contribution >= 4 is 0 Å². The first-order valence-corrected chi connectivity index (χ1v) is 7.08. The smallest absolute Gasteiger partial charge is 0.119 e. The third kappa shape index (κ3) is 4.49. The number of morpholine rings is 1. The van der Waals surface area contributed by atoms with Crippen molar-refractivity contribution in [2.24, 2.45) is 5.73 Å². The van der Waals surface area contributed by atoms with Crippen LogP contribution < -0.4 is 10.5 Å². The summed E-state index contributed by atoms with van der Waals surface area (Å²) in [6.45, 7) is 7.46. The van der Waals surface area contributed by atoms with Crippen LogP contribution in [0, 0.1) is 0 Å². The van der Waals surface area contributed by atoms with Gasteiger partial charge in [-0.15, -0.1) is 0 Å². The fourth-order valence-corrected chi connectivity index (χ4v) is 2.29. The predicted octanol–water partition coefficient (Wildman–Crippen LogP) is 1.81. The molecule has 1 aromatic rings. The second kappa shape index (κ2) is 7.48. The molecule has 1 saturated heterocycles. The third-order valence-corrected chi connectivity index (χ3v) is 3.48. The molecule has 1 aliphatic rings. The number of benzene rings is 1. The molecule has 106 valence electrons. The van der Waals surface area contributed by atoms with Gasteiger partial charge in [-0.1, -0.05) is 12.1 Å². The summed E-state index contributed by atoms with van der Waals surface area (Å²) in [6, 6.07) is 8.21. The molecule has 1 aromatic carbocycles. The van der Waals surface area contributed by atoms with E-state index >= 15 is 0 Å². The van der Waals surface area contributed by atoms with Crippen molar-refractivity contribution in [1.29, 1.82) is 0 Å². The number of nitrogens with zero attached hydrogens (tertiary/aromatic N) is 1. The van der Waals surface area contributed by atoms with Gasteiger partial charge in [0.05, 0.1) is 19.8 Å². The van der Waals surface area contributed by atoms with Gasteiger partial charge in [-0.2, -0.15) is 0 Å². The molecule has 0 aromatic heterocycles. The van der Waals surface area contributed by atoms with Crippen molar-refractivity contribution in [3.63, 3.8) is 0 Å². The summed E-state index contributed by atoms with van der Waals surface area (Å²) in [6.07, 6.45) is 0.980. The molecule has 0 radical (unpaired) electrons. The average molecular weight is 264 g/mol. The first kappa shape index (κ1) is 14.3. The highest BCUT2D eigenvalue weighted by Gasteiger charge is 2.12. The summed E-state index contributed by atoms with van der Waals surface area (Å²) >= 11 is 0. The zero-order chi connectivity index (χ0) is 13.5. The van der Waals surface area contributed by atoms with Gasteiger partial charge in [0.1, 0.15) is 5.75 Å². The first-order valence-electron chi connectivity index (χ1n) is 7.08. The number of hydrogen-bond donors (Lipinski definition) is 1. The first-order chi connectivity index (χ1) is 9.29. The molecule has 0 spiro atoms. The lowest BCUT2D eigenvalue weighted by Gasteiger charge is -2.27. The van der Waals surface area contributed by atoms with Gasteiger partial charge in [0.15, 0.2) is 0 Å². The maximum atomic E-state index is 6.24. The molecule has 0 bridgehead atoms. The average Bonchev–Trinajstić information content (AvgIpc) is 2.47. The Kier molecular flexibility index (Phi) is 5.63. The van der Waals surface area contributed by atoms with Crippen LogP contribution in [0.4, 0.5) is 0 Å². The molecule has 2 N–H and O–H groups in total. The fraction of sp³-hybridized carbons (Fsp3) is 0.600. The molecule has 0 aliphatic carbocycles. The summed E-state index contributed by atoms with van der Waals surface area (Å²) in [5.41, 5.74) is 7.41. The van der Waals surface area contributed by atoms with Crippen LogP contribution in [0.5, 0.6) is 5.75 Å². The van der Waals surface area contributed by atoms with Crippen molar-refractivity contribution in [2.75, 3.05) is 39.5 Å². The van der Waals surface area contributed by atoms with Crippen LogP contribution in [0.1, 0.15) is 24.9 Å². The quantitative estimate of drug-likeness (QED) is 0.851. The minimum absolute atomic E-state index is 0.0959. The van der Waals surface area contributed by atoms with Crippen LogP contribution in [0.15, 0.2) is 24.3 Å². The van der Waals surface area contributed by atoms with E-state index in [2.05, 4.69) is 17.0 Å². The number of hydrogen-bond acceptors (Lipinski definition) is 4.